The van der Waals surface area contributed by atoms with Crippen molar-refractivity contribution in [1.82, 2.24) is 0 Å². The highest BCUT2D eigenvalue weighted by molar-refractivity contribution is 6.31. The summed E-state index contributed by atoms with van der Waals surface area (Å²) in [6.07, 6.45) is 15.9. The molecule has 0 aromatic rings. The number of hydrogen-bond acceptors (Lipinski definition) is 0. The minimum absolute atomic E-state index is 0.932. The molecule has 0 radical (unpaired) electrons. The average Bonchev–Trinajstić information content (AvgIpc) is 3.04. The van der Waals surface area contributed by atoms with Gasteiger partial charge < -0.3 is 0 Å². The molecule has 0 atom stereocenters. The third kappa shape index (κ3) is 4.52. The lowest BCUT2D eigenvalue weighted by Crippen LogP contribution is -1.94. The first-order valence-electron chi connectivity index (χ1n) is 8.81. The Kier molecular flexibility index (Phi) is 7.31. The molecule has 22 heavy (non-hydrogen) atoms. The molecular weight excluding hydrogens is 311 g/mol. The summed E-state index contributed by atoms with van der Waals surface area (Å²) in [5, 5.41) is 2.11. The average molecular weight is 339 g/mol. The molecule has 0 unspecified atom stereocenters. The molecule has 0 fully saturated rings. The first-order valence-corrected chi connectivity index (χ1v) is 9.56. The van der Waals surface area contributed by atoms with Crippen LogP contribution in [-0.4, -0.2) is 0 Å². The molecule has 0 amide bonds. The van der Waals surface area contributed by atoms with E-state index in [1.165, 1.54) is 60.8 Å². The lowest BCUT2D eigenvalue weighted by Gasteiger charge is -2.13. The van der Waals surface area contributed by atoms with Crippen LogP contribution in [-0.2, 0) is 0 Å². The molecule has 0 aromatic heterocycles. The van der Waals surface area contributed by atoms with E-state index < -0.39 is 0 Å². The van der Waals surface area contributed by atoms with Gasteiger partial charge >= 0.3 is 0 Å². The summed E-state index contributed by atoms with van der Waals surface area (Å²) in [5.74, 6) is 0. The molecule has 0 saturated carbocycles. The first kappa shape index (κ1) is 17.9. The molecular formula is C20H28Cl2. The zero-order chi connectivity index (χ0) is 15.9. The summed E-state index contributed by atoms with van der Waals surface area (Å²) in [6, 6.07) is 0. The van der Waals surface area contributed by atoms with E-state index in [0.717, 1.165) is 35.7 Å². The highest BCUT2D eigenvalue weighted by Crippen LogP contribution is 2.40. The maximum atomic E-state index is 6.46. The standard InChI is InChI=1S/C20H28Cl2/c1-3-5-7-15-9-13-19(21)17(15)11-12-18-16(8-6-4-2)10-14-20(18)22/h9-10H,3-8,11-14H2,1-2H3. The Balaban J connectivity index is 1.96. The van der Waals surface area contributed by atoms with Gasteiger partial charge in [-0.15, -0.1) is 0 Å². The van der Waals surface area contributed by atoms with Crippen LogP contribution in [0.1, 0.15) is 78.1 Å². The largest absolute Gasteiger partial charge is 0.0885 e. The molecule has 0 bridgehead atoms. The van der Waals surface area contributed by atoms with Crippen LogP contribution < -0.4 is 0 Å². The molecule has 0 nitrogen and oxygen atoms in total. The quantitative estimate of drug-likeness (QED) is 0.402. The van der Waals surface area contributed by atoms with Gasteiger partial charge in [-0.3, -0.25) is 0 Å². The van der Waals surface area contributed by atoms with E-state index in [-0.39, 0.29) is 0 Å². The smallest absolute Gasteiger partial charge is 0.0253 e. The Morgan fingerprint density at radius 1 is 0.727 bits per heavy atom. The maximum absolute atomic E-state index is 6.46. The van der Waals surface area contributed by atoms with Crippen LogP contribution in [0.5, 0.6) is 0 Å². The fraction of sp³-hybridized carbons (Fsp3) is 0.600. The minimum atomic E-state index is 0.932. The van der Waals surface area contributed by atoms with Crippen LogP contribution in [0.4, 0.5) is 0 Å². The van der Waals surface area contributed by atoms with Crippen LogP contribution >= 0.6 is 23.2 Å². The van der Waals surface area contributed by atoms with Crippen molar-refractivity contribution in [2.75, 3.05) is 0 Å². The third-order valence-electron chi connectivity index (χ3n) is 4.71. The van der Waals surface area contributed by atoms with Gasteiger partial charge in [0.25, 0.3) is 0 Å². The molecule has 2 aliphatic carbocycles. The van der Waals surface area contributed by atoms with Crippen LogP contribution in [0.2, 0.25) is 0 Å². The van der Waals surface area contributed by atoms with Crippen LogP contribution in [0.3, 0.4) is 0 Å². The summed E-state index contributed by atoms with van der Waals surface area (Å²) in [6.45, 7) is 4.49. The first-order chi connectivity index (χ1) is 10.7. The maximum Gasteiger partial charge on any atom is 0.0253 e. The Morgan fingerprint density at radius 3 is 1.50 bits per heavy atom. The third-order valence-corrected chi connectivity index (χ3v) is 5.47. The fourth-order valence-corrected chi connectivity index (χ4v) is 3.94. The van der Waals surface area contributed by atoms with E-state index in [4.69, 9.17) is 23.2 Å². The van der Waals surface area contributed by atoms with Gasteiger partial charge in [-0.1, -0.05) is 62.0 Å². The van der Waals surface area contributed by atoms with E-state index in [1.54, 1.807) is 0 Å². The minimum Gasteiger partial charge on any atom is -0.0885 e. The molecule has 0 saturated heterocycles. The predicted octanol–water partition coefficient (Wildman–Crippen LogP) is 7.79. The second kappa shape index (κ2) is 8.99. The Bertz CT molecular complexity index is 470. The Morgan fingerprint density at radius 2 is 1.14 bits per heavy atom. The van der Waals surface area contributed by atoms with Crippen molar-refractivity contribution in [3.05, 3.63) is 44.5 Å². The second-order valence-electron chi connectivity index (χ2n) is 6.34. The van der Waals surface area contributed by atoms with E-state index >= 15 is 0 Å². The normalized spacial score (nSPS) is 18.4. The molecule has 2 rings (SSSR count). The summed E-state index contributed by atoms with van der Waals surface area (Å²) < 4.78 is 0. The summed E-state index contributed by atoms with van der Waals surface area (Å²) >= 11 is 12.9. The van der Waals surface area contributed by atoms with Crippen molar-refractivity contribution in [2.24, 2.45) is 0 Å². The van der Waals surface area contributed by atoms with E-state index in [1.807, 2.05) is 0 Å². The highest BCUT2D eigenvalue weighted by atomic mass is 35.5. The van der Waals surface area contributed by atoms with Gasteiger partial charge in [0.15, 0.2) is 0 Å². The lowest BCUT2D eigenvalue weighted by atomic mass is 9.94. The molecule has 0 heterocycles. The van der Waals surface area contributed by atoms with Gasteiger partial charge in [-0.25, -0.2) is 0 Å². The molecule has 0 N–H and O–H groups in total. The molecule has 122 valence electrons. The SMILES string of the molecule is CCCCC1=CCC(Cl)=C1CCC1=C(Cl)CC=C1CCCC. The summed E-state index contributed by atoms with van der Waals surface area (Å²) in [5.41, 5.74) is 5.77. The molecule has 0 aliphatic heterocycles. The number of unbranched alkanes of at least 4 members (excludes halogenated alkanes) is 2. The molecule has 2 heteroatoms. The number of halogens is 2. The molecule has 2 aliphatic rings. The van der Waals surface area contributed by atoms with Crippen molar-refractivity contribution in [2.45, 2.75) is 78.1 Å². The molecule has 0 aromatic carbocycles. The summed E-state index contributed by atoms with van der Waals surface area (Å²) in [4.78, 5) is 0. The Labute approximate surface area is 146 Å². The highest BCUT2D eigenvalue weighted by Gasteiger charge is 2.20. The monoisotopic (exact) mass is 338 g/mol. The van der Waals surface area contributed by atoms with E-state index in [2.05, 4.69) is 26.0 Å². The summed E-state index contributed by atoms with van der Waals surface area (Å²) in [7, 11) is 0. The van der Waals surface area contributed by atoms with E-state index in [9.17, 15) is 0 Å². The van der Waals surface area contributed by atoms with Crippen molar-refractivity contribution in [3.63, 3.8) is 0 Å². The lowest BCUT2D eigenvalue weighted by molar-refractivity contribution is 0.770. The van der Waals surface area contributed by atoms with Gasteiger partial charge in [-0.2, -0.15) is 0 Å². The fourth-order valence-electron chi connectivity index (χ4n) is 3.35. The zero-order valence-corrected chi connectivity index (χ0v) is 15.5. The Hall–Kier alpha value is -0.460. The van der Waals surface area contributed by atoms with Gasteiger partial charge in [-0.05, 0) is 60.8 Å². The van der Waals surface area contributed by atoms with Crippen molar-refractivity contribution in [1.29, 1.82) is 0 Å². The second-order valence-corrected chi connectivity index (χ2v) is 7.25. The van der Waals surface area contributed by atoms with Gasteiger partial charge in [0, 0.05) is 22.9 Å². The van der Waals surface area contributed by atoms with Crippen molar-refractivity contribution in [3.8, 4) is 0 Å². The van der Waals surface area contributed by atoms with Crippen LogP contribution in [0.25, 0.3) is 0 Å². The van der Waals surface area contributed by atoms with Crippen LogP contribution in [0.15, 0.2) is 44.5 Å². The van der Waals surface area contributed by atoms with Gasteiger partial charge in [0.05, 0.1) is 0 Å². The van der Waals surface area contributed by atoms with Crippen molar-refractivity contribution < 1.29 is 0 Å². The van der Waals surface area contributed by atoms with Gasteiger partial charge in [0.2, 0.25) is 0 Å². The number of rotatable bonds is 9. The number of allylic oxidation sites excluding steroid dienone is 8. The number of hydrogen-bond donors (Lipinski definition) is 0. The predicted molar refractivity (Wildman–Crippen MR) is 99.4 cm³/mol. The molecule has 0 spiro atoms. The van der Waals surface area contributed by atoms with Crippen molar-refractivity contribution >= 4 is 23.2 Å². The topological polar surface area (TPSA) is 0 Å². The van der Waals surface area contributed by atoms with E-state index in [0.29, 0.717) is 0 Å². The van der Waals surface area contributed by atoms with Gasteiger partial charge in [0.1, 0.15) is 0 Å². The zero-order valence-electron chi connectivity index (χ0n) is 14.0. The van der Waals surface area contributed by atoms with Crippen LogP contribution in [0, 0.1) is 0 Å².